The summed E-state index contributed by atoms with van der Waals surface area (Å²) in [5.74, 6) is 1.61. The van der Waals surface area contributed by atoms with Gasteiger partial charge in [-0.1, -0.05) is 125 Å². The van der Waals surface area contributed by atoms with Crippen molar-refractivity contribution in [3.63, 3.8) is 0 Å². The Bertz CT molecular complexity index is 1140. The number of carbonyl (C=O) groups excluding carboxylic acids is 1. The van der Waals surface area contributed by atoms with Gasteiger partial charge in [0, 0.05) is 6.42 Å². The molecule has 5 heteroatoms. The summed E-state index contributed by atoms with van der Waals surface area (Å²) in [5.41, 5.74) is 4.42. The molecular weight excluding hydrogens is 462 g/mol. The van der Waals surface area contributed by atoms with E-state index in [0.717, 1.165) is 16.7 Å². The highest BCUT2D eigenvalue weighted by Crippen LogP contribution is 2.40. The van der Waals surface area contributed by atoms with Crippen molar-refractivity contribution < 1.29 is 14.7 Å². The fraction of sp³-hybridized carbons (Fsp3) is 0.290. The summed E-state index contributed by atoms with van der Waals surface area (Å²) in [6.07, 6.45) is 0.0437. The summed E-state index contributed by atoms with van der Waals surface area (Å²) < 4.78 is 0. The quantitative estimate of drug-likeness (QED) is 0.238. The highest BCUT2D eigenvalue weighted by Gasteiger charge is 2.45. The Morgan fingerprint density at radius 3 is 1.53 bits per heavy atom. The van der Waals surface area contributed by atoms with Crippen LogP contribution in [0.25, 0.3) is 0 Å². The van der Waals surface area contributed by atoms with Gasteiger partial charge >= 0.3 is 5.97 Å². The van der Waals surface area contributed by atoms with Crippen molar-refractivity contribution in [2.75, 3.05) is 0 Å². The molecule has 0 aliphatic carbocycles. The number of carboxylic acids is 1. The second kappa shape index (κ2) is 11.0. The summed E-state index contributed by atoms with van der Waals surface area (Å²) >= 11 is 0. The number of carboxylic acid groups (broad SMARTS) is 1. The lowest BCUT2D eigenvalue weighted by Gasteiger charge is -2.35. The molecule has 36 heavy (non-hydrogen) atoms. The first-order valence-electron chi connectivity index (χ1n) is 12.2. The zero-order valence-electron chi connectivity index (χ0n) is 21.7. The summed E-state index contributed by atoms with van der Waals surface area (Å²) in [4.78, 5) is 26.5. The van der Waals surface area contributed by atoms with E-state index >= 15 is 0 Å². The standard InChI is InChI=1S/C31H35NO3Si/c1-30(2,3)36(4,5)23-15-22-27(28(33)34)32-29(35)31(24-16-9-6-10-17-24,25-18-11-7-12-19-25)26-20-13-8-14-21-26/h6-14,16-21,27H,22H2,1-5H3,(H,32,35)(H,33,34)/t27-/m1/s1. The van der Waals surface area contributed by atoms with Crippen LogP contribution in [0.4, 0.5) is 0 Å². The third-order valence-corrected chi connectivity index (χ3v) is 11.7. The maximum atomic E-state index is 14.3. The third kappa shape index (κ3) is 5.61. The van der Waals surface area contributed by atoms with Crippen LogP contribution < -0.4 is 5.32 Å². The molecule has 0 aliphatic heterocycles. The summed E-state index contributed by atoms with van der Waals surface area (Å²) in [6.45, 7) is 10.9. The Kier molecular flexibility index (Phi) is 8.22. The van der Waals surface area contributed by atoms with Crippen LogP contribution in [0.15, 0.2) is 91.0 Å². The number of hydrogen-bond donors (Lipinski definition) is 2. The van der Waals surface area contributed by atoms with Crippen LogP contribution in [-0.4, -0.2) is 31.1 Å². The molecule has 0 bridgehead atoms. The number of hydrogen-bond acceptors (Lipinski definition) is 2. The van der Waals surface area contributed by atoms with Gasteiger partial charge in [-0.05, 0) is 21.7 Å². The van der Waals surface area contributed by atoms with Crippen molar-refractivity contribution >= 4 is 20.0 Å². The lowest BCUT2D eigenvalue weighted by molar-refractivity contribution is -0.142. The van der Waals surface area contributed by atoms with E-state index in [1.54, 1.807) is 0 Å². The van der Waals surface area contributed by atoms with Gasteiger partial charge in [-0.3, -0.25) is 4.79 Å². The van der Waals surface area contributed by atoms with Crippen molar-refractivity contribution in [2.24, 2.45) is 0 Å². The fourth-order valence-electron chi connectivity index (χ4n) is 3.99. The van der Waals surface area contributed by atoms with Crippen molar-refractivity contribution in [3.05, 3.63) is 108 Å². The summed E-state index contributed by atoms with van der Waals surface area (Å²) in [5, 5.41) is 12.9. The van der Waals surface area contributed by atoms with E-state index < -0.39 is 31.4 Å². The predicted molar refractivity (Wildman–Crippen MR) is 148 cm³/mol. The average Bonchev–Trinajstić information content (AvgIpc) is 2.85. The minimum Gasteiger partial charge on any atom is -0.480 e. The largest absolute Gasteiger partial charge is 0.480 e. The molecule has 0 radical (unpaired) electrons. The Balaban J connectivity index is 2.10. The monoisotopic (exact) mass is 497 g/mol. The molecule has 0 saturated heterocycles. The van der Waals surface area contributed by atoms with E-state index in [1.807, 2.05) is 91.0 Å². The number of aliphatic carboxylic acids is 1. The van der Waals surface area contributed by atoms with Gasteiger partial charge in [-0.25, -0.2) is 4.79 Å². The Morgan fingerprint density at radius 1 is 0.806 bits per heavy atom. The van der Waals surface area contributed by atoms with E-state index in [4.69, 9.17) is 0 Å². The van der Waals surface area contributed by atoms with Crippen LogP contribution in [0.2, 0.25) is 18.1 Å². The molecule has 4 nitrogen and oxygen atoms in total. The molecule has 0 saturated carbocycles. The first-order valence-corrected chi connectivity index (χ1v) is 15.2. The zero-order valence-corrected chi connectivity index (χ0v) is 22.7. The number of nitrogens with one attached hydrogen (secondary N) is 1. The number of carbonyl (C=O) groups is 2. The number of benzene rings is 3. The SMILES string of the molecule is CC(C)(C)[Si](C)(C)C#CC[C@@H](NC(=O)C(c1ccccc1)(c1ccccc1)c1ccccc1)C(=O)O. The normalized spacial score (nSPS) is 12.7. The molecule has 0 spiro atoms. The maximum Gasteiger partial charge on any atom is 0.327 e. The molecule has 1 atom stereocenters. The van der Waals surface area contributed by atoms with Crippen LogP contribution in [-0.2, 0) is 15.0 Å². The van der Waals surface area contributed by atoms with Crippen molar-refractivity contribution in [2.45, 2.75) is 56.8 Å². The second-order valence-corrected chi connectivity index (χ2v) is 15.6. The van der Waals surface area contributed by atoms with Crippen LogP contribution in [0.3, 0.4) is 0 Å². The van der Waals surface area contributed by atoms with Crippen LogP contribution >= 0.6 is 0 Å². The average molecular weight is 498 g/mol. The molecule has 1 amide bonds. The third-order valence-electron chi connectivity index (χ3n) is 7.15. The highest BCUT2D eigenvalue weighted by molar-refractivity contribution is 6.87. The minimum atomic E-state index is -1.91. The number of amides is 1. The minimum absolute atomic E-state index is 0.0437. The van der Waals surface area contributed by atoms with E-state index in [1.165, 1.54) is 0 Å². The van der Waals surface area contributed by atoms with Gasteiger partial charge in [0.05, 0.1) is 0 Å². The first kappa shape index (κ1) is 27.0. The van der Waals surface area contributed by atoms with Crippen molar-refractivity contribution in [1.82, 2.24) is 5.32 Å². The van der Waals surface area contributed by atoms with Crippen LogP contribution in [0, 0.1) is 11.5 Å². The molecule has 0 heterocycles. The Hall–Kier alpha value is -3.62. The molecule has 186 valence electrons. The molecule has 3 rings (SSSR count). The van der Waals surface area contributed by atoms with Crippen LogP contribution in [0.1, 0.15) is 43.9 Å². The summed E-state index contributed by atoms with van der Waals surface area (Å²) in [7, 11) is -1.91. The second-order valence-electron chi connectivity index (χ2n) is 10.6. The van der Waals surface area contributed by atoms with Crippen molar-refractivity contribution in [3.8, 4) is 11.5 Å². The van der Waals surface area contributed by atoms with Gasteiger partial charge in [0.25, 0.3) is 0 Å². The number of rotatable bonds is 7. The highest BCUT2D eigenvalue weighted by atomic mass is 28.3. The predicted octanol–water partition coefficient (Wildman–Crippen LogP) is 6.03. The van der Waals surface area contributed by atoms with Gasteiger partial charge in [0.2, 0.25) is 5.91 Å². The maximum absolute atomic E-state index is 14.3. The van der Waals surface area contributed by atoms with E-state index in [9.17, 15) is 14.7 Å². The lowest BCUT2D eigenvalue weighted by atomic mass is 9.68. The fourth-order valence-corrected chi connectivity index (χ4v) is 4.90. The van der Waals surface area contributed by atoms with E-state index in [-0.39, 0.29) is 11.5 Å². The smallest absolute Gasteiger partial charge is 0.327 e. The van der Waals surface area contributed by atoms with E-state index in [2.05, 4.69) is 50.6 Å². The van der Waals surface area contributed by atoms with E-state index in [0.29, 0.717) is 0 Å². The van der Waals surface area contributed by atoms with Gasteiger partial charge in [0.15, 0.2) is 0 Å². The van der Waals surface area contributed by atoms with Gasteiger partial charge < -0.3 is 10.4 Å². The van der Waals surface area contributed by atoms with Crippen LogP contribution in [0.5, 0.6) is 0 Å². The lowest BCUT2D eigenvalue weighted by Crippen LogP contribution is -2.51. The molecule has 0 aromatic heterocycles. The molecule has 3 aromatic rings. The van der Waals surface area contributed by atoms with Gasteiger partial charge in [-0.2, -0.15) is 0 Å². The Labute approximate surface area is 215 Å². The molecular formula is C31H35NO3Si. The molecule has 0 fully saturated rings. The topological polar surface area (TPSA) is 66.4 Å². The van der Waals surface area contributed by atoms with Crippen molar-refractivity contribution in [1.29, 1.82) is 0 Å². The molecule has 2 N–H and O–H groups in total. The zero-order chi connectivity index (χ0) is 26.4. The molecule has 3 aromatic carbocycles. The van der Waals surface area contributed by atoms with Gasteiger partial charge in [0.1, 0.15) is 19.5 Å². The molecule has 0 unspecified atom stereocenters. The summed E-state index contributed by atoms with van der Waals surface area (Å²) in [6, 6.07) is 27.4. The Morgan fingerprint density at radius 2 is 1.19 bits per heavy atom. The molecule has 0 aliphatic rings. The first-order chi connectivity index (χ1) is 17.0. The van der Waals surface area contributed by atoms with Gasteiger partial charge in [-0.15, -0.1) is 11.5 Å².